The Morgan fingerprint density at radius 2 is 1.85 bits per heavy atom. The van der Waals surface area contributed by atoms with Crippen molar-refractivity contribution in [2.75, 3.05) is 13.1 Å². The van der Waals surface area contributed by atoms with Crippen LogP contribution in [0.3, 0.4) is 0 Å². The molecule has 0 radical (unpaired) electrons. The number of hydrogen-bond donors (Lipinski definition) is 0. The maximum absolute atomic E-state index is 13.9. The number of likely N-dealkylation sites (tertiary alicyclic amines) is 1. The number of amides is 2. The highest BCUT2D eigenvalue weighted by atomic mass is 35.5. The van der Waals surface area contributed by atoms with Gasteiger partial charge in [-0.25, -0.2) is 8.78 Å². The van der Waals surface area contributed by atoms with E-state index in [1.165, 1.54) is 35.2 Å². The van der Waals surface area contributed by atoms with Gasteiger partial charge < -0.3 is 9.80 Å². The Balaban J connectivity index is 1.71. The third-order valence-corrected chi connectivity index (χ3v) is 5.46. The number of rotatable bonds is 3. The molecule has 2 aliphatic heterocycles. The molecule has 4 nitrogen and oxygen atoms in total. The highest BCUT2D eigenvalue weighted by molar-refractivity contribution is 6.31. The van der Waals surface area contributed by atoms with Gasteiger partial charge in [0.1, 0.15) is 11.6 Å². The predicted octanol–water partition coefficient (Wildman–Crippen LogP) is 3.67. The van der Waals surface area contributed by atoms with Crippen LogP contribution >= 0.6 is 11.6 Å². The van der Waals surface area contributed by atoms with Crippen LogP contribution in [0.25, 0.3) is 0 Å². The lowest BCUT2D eigenvalue weighted by Gasteiger charge is -2.28. The second-order valence-electron chi connectivity index (χ2n) is 6.85. The fraction of sp³-hybridized carbons (Fsp3) is 0.300. The van der Waals surface area contributed by atoms with E-state index in [0.29, 0.717) is 24.1 Å². The summed E-state index contributed by atoms with van der Waals surface area (Å²) in [6.45, 7) is 0.821. The van der Waals surface area contributed by atoms with Crippen LogP contribution in [0, 0.1) is 11.6 Å². The Bertz CT molecular complexity index is 934. The number of halogens is 3. The molecule has 1 atom stereocenters. The van der Waals surface area contributed by atoms with E-state index in [4.69, 9.17) is 11.6 Å². The Labute approximate surface area is 160 Å². The predicted molar refractivity (Wildman–Crippen MR) is 96.0 cm³/mol. The SMILES string of the molecule is O=C1CCCN1CC(=O)N1Cc2ccc(F)cc2C1c1ccc(F)cc1Cl. The minimum Gasteiger partial charge on any atom is -0.333 e. The summed E-state index contributed by atoms with van der Waals surface area (Å²) < 4.78 is 27.4. The average Bonchev–Trinajstić information content (AvgIpc) is 3.19. The fourth-order valence-corrected chi connectivity index (χ4v) is 4.09. The molecule has 1 unspecified atom stereocenters. The Hall–Kier alpha value is -2.47. The second-order valence-corrected chi connectivity index (χ2v) is 7.26. The van der Waals surface area contributed by atoms with Crippen molar-refractivity contribution in [1.82, 2.24) is 9.80 Å². The van der Waals surface area contributed by atoms with Crippen molar-refractivity contribution in [3.05, 3.63) is 69.7 Å². The normalized spacial score (nSPS) is 18.9. The minimum absolute atomic E-state index is 0.0232. The molecular weight excluding hydrogens is 374 g/mol. The van der Waals surface area contributed by atoms with Gasteiger partial charge in [-0.3, -0.25) is 9.59 Å². The molecular formula is C20H17ClF2N2O2. The summed E-state index contributed by atoms with van der Waals surface area (Å²) in [4.78, 5) is 28.0. The highest BCUT2D eigenvalue weighted by Gasteiger charge is 2.37. The molecule has 0 saturated carbocycles. The summed E-state index contributed by atoms with van der Waals surface area (Å²) in [7, 11) is 0. The van der Waals surface area contributed by atoms with Crippen molar-refractivity contribution in [2.45, 2.75) is 25.4 Å². The molecule has 0 bridgehead atoms. The monoisotopic (exact) mass is 390 g/mol. The van der Waals surface area contributed by atoms with Gasteiger partial charge in [0, 0.05) is 24.5 Å². The Kier molecular flexibility index (Phi) is 4.60. The summed E-state index contributed by atoms with van der Waals surface area (Å²) in [5, 5.41) is 0.173. The van der Waals surface area contributed by atoms with Gasteiger partial charge >= 0.3 is 0 Å². The van der Waals surface area contributed by atoms with Crippen molar-refractivity contribution in [3.8, 4) is 0 Å². The Morgan fingerprint density at radius 1 is 1.11 bits per heavy atom. The number of fused-ring (bicyclic) bond motifs is 1. The van der Waals surface area contributed by atoms with Gasteiger partial charge in [0.05, 0.1) is 12.6 Å². The zero-order valence-corrected chi connectivity index (χ0v) is 15.2. The van der Waals surface area contributed by atoms with Crippen LogP contribution < -0.4 is 0 Å². The summed E-state index contributed by atoms with van der Waals surface area (Å²) in [5.41, 5.74) is 1.97. The topological polar surface area (TPSA) is 40.6 Å². The maximum atomic E-state index is 13.9. The van der Waals surface area contributed by atoms with Crippen molar-refractivity contribution < 1.29 is 18.4 Å². The van der Waals surface area contributed by atoms with Crippen LogP contribution in [0.2, 0.25) is 5.02 Å². The van der Waals surface area contributed by atoms with E-state index in [1.54, 1.807) is 11.0 Å². The molecule has 0 spiro atoms. The molecule has 2 aromatic rings. The quantitative estimate of drug-likeness (QED) is 0.802. The number of carbonyl (C=O) groups is 2. The van der Waals surface area contributed by atoms with Gasteiger partial charge in [-0.1, -0.05) is 23.7 Å². The van der Waals surface area contributed by atoms with E-state index in [9.17, 15) is 18.4 Å². The number of benzene rings is 2. The molecule has 27 heavy (non-hydrogen) atoms. The van der Waals surface area contributed by atoms with Gasteiger partial charge in [-0.05, 0) is 47.4 Å². The third-order valence-electron chi connectivity index (χ3n) is 5.13. The molecule has 2 aliphatic rings. The van der Waals surface area contributed by atoms with Crippen molar-refractivity contribution in [1.29, 1.82) is 0 Å². The molecule has 140 valence electrons. The molecule has 2 aromatic carbocycles. The first kappa shape index (κ1) is 17.9. The standard InChI is InChI=1S/C20H17ClF2N2O2/c21-17-9-14(23)5-6-15(17)20-16-8-13(22)4-3-12(16)10-25(20)19(27)11-24-7-1-2-18(24)26/h3-6,8-9,20H,1-2,7,10-11H2. The summed E-state index contributed by atoms with van der Waals surface area (Å²) in [6.07, 6.45) is 1.19. The number of nitrogens with zero attached hydrogens (tertiary/aromatic N) is 2. The first-order valence-corrected chi connectivity index (χ1v) is 9.12. The maximum Gasteiger partial charge on any atom is 0.243 e. The summed E-state index contributed by atoms with van der Waals surface area (Å²) in [5.74, 6) is -1.18. The van der Waals surface area contributed by atoms with E-state index in [2.05, 4.69) is 0 Å². The largest absolute Gasteiger partial charge is 0.333 e. The average molecular weight is 391 g/mol. The fourth-order valence-electron chi connectivity index (χ4n) is 3.82. The van der Waals surface area contributed by atoms with Crippen molar-refractivity contribution in [2.24, 2.45) is 0 Å². The number of hydrogen-bond acceptors (Lipinski definition) is 2. The van der Waals surface area contributed by atoms with Gasteiger partial charge in [-0.15, -0.1) is 0 Å². The van der Waals surface area contributed by atoms with E-state index in [-0.39, 0.29) is 29.9 Å². The molecule has 2 heterocycles. The number of carbonyl (C=O) groups excluding carboxylic acids is 2. The zero-order valence-electron chi connectivity index (χ0n) is 14.4. The third kappa shape index (κ3) is 3.30. The van der Waals surface area contributed by atoms with Crippen molar-refractivity contribution >= 4 is 23.4 Å². The van der Waals surface area contributed by atoms with Crippen LogP contribution in [0.5, 0.6) is 0 Å². The molecule has 0 aliphatic carbocycles. The van der Waals surface area contributed by atoms with Crippen LogP contribution in [-0.4, -0.2) is 34.7 Å². The zero-order chi connectivity index (χ0) is 19.1. The van der Waals surface area contributed by atoms with Crippen LogP contribution in [0.1, 0.15) is 35.6 Å². The lowest BCUT2D eigenvalue weighted by Crippen LogP contribution is -2.40. The van der Waals surface area contributed by atoms with Gasteiger partial charge in [0.15, 0.2) is 0 Å². The highest BCUT2D eigenvalue weighted by Crippen LogP contribution is 2.41. The lowest BCUT2D eigenvalue weighted by molar-refractivity contribution is -0.139. The molecule has 0 aromatic heterocycles. The van der Waals surface area contributed by atoms with Crippen LogP contribution in [0.15, 0.2) is 36.4 Å². The molecule has 1 saturated heterocycles. The van der Waals surface area contributed by atoms with E-state index < -0.39 is 17.7 Å². The molecule has 2 amide bonds. The molecule has 4 rings (SSSR count). The van der Waals surface area contributed by atoms with E-state index in [0.717, 1.165) is 12.0 Å². The summed E-state index contributed by atoms with van der Waals surface area (Å²) in [6, 6.07) is 7.72. The van der Waals surface area contributed by atoms with E-state index >= 15 is 0 Å². The second kappa shape index (κ2) is 6.93. The molecule has 1 fully saturated rings. The molecule has 7 heteroatoms. The molecule has 0 N–H and O–H groups in total. The van der Waals surface area contributed by atoms with Crippen LogP contribution in [-0.2, 0) is 16.1 Å². The lowest BCUT2D eigenvalue weighted by atomic mass is 9.97. The van der Waals surface area contributed by atoms with Gasteiger partial charge in [-0.2, -0.15) is 0 Å². The van der Waals surface area contributed by atoms with E-state index in [1.807, 2.05) is 0 Å². The van der Waals surface area contributed by atoms with Gasteiger partial charge in [0.25, 0.3) is 0 Å². The van der Waals surface area contributed by atoms with Crippen molar-refractivity contribution in [3.63, 3.8) is 0 Å². The first-order chi connectivity index (χ1) is 12.9. The van der Waals surface area contributed by atoms with Crippen LogP contribution in [0.4, 0.5) is 8.78 Å². The smallest absolute Gasteiger partial charge is 0.243 e. The summed E-state index contributed by atoms with van der Waals surface area (Å²) >= 11 is 6.24. The first-order valence-electron chi connectivity index (χ1n) is 8.74. The minimum atomic E-state index is -0.617. The Morgan fingerprint density at radius 3 is 2.56 bits per heavy atom. The van der Waals surface area contributed by atoms with Gasteiger partial charge in [0.2, 0.25) is 11.8 Å².